The summed E-state index contributed by atoms with van der Waals surface area (Å²) >= 11 is 0. The average Bonchev–Trinajstić information content (AvgIpc) is 2.16. The van der Waals surface area contributed by atoms with Gasteiger partial charge in [-0.1, -0.05) is 6.08 Å². The Morgan fingerprint density at radius 1 is 1.47 bits per heavy atom. The summed E-state index contributed by atoms with van der Waals surface area (Å²) in [5, 5.41) is 10.6. The van der Waals surface area contributed by atoms with E-state index >= 15 is 0 Å². The second-order valence-electron chi connectivity index (χ2n) is 2.85. The normalized spacial score (nSPS) is 23.9. The number of esters is 1. The predicted octanol–water partition coefficient (Wildman–Crippen LogP) is 0.246. The maximum atomic E-state index is 11.2. The number of ether oxygens (including phenoxy) is 1. The first-order valence-corrected chi connectivity index (χ1v) is 3.96. The van der Waals surface area contributed by atoms with Gasteiger partial charge in [0, 0.05) is 4.92 Å². The fourth-order valence-corrected chi connectivity index (χ4v) is 1.32. The van der Waals surface area contributed by atoms with Crippen molar-refractivity contribution in [2.75, 3.05) is 0 Å². The quantitative estimate of drug-likeness (QED) is 0.266. The van der Waals surface area contributed by atoms with Crippen LogP contribution in [0.1, 0.15) is 0 Å². The second kappa shape index (κ2) is 3.12. The van der Waals surface area contributed by atoms with Crippen LogP contribution in [-0.4, -0.2) is 28.7 Å². The molecule has 2 rings (SSSR count). The van der Waals surface area contributed by atoms with Gasteiger partial charge in [0.05, 0.1) is 5.57 Å². The molecule has 0 N–H and O–H groups in total. The Bertz CT molecular complexity index is 460. The van der Waals surface area contributed by atoms with Gasteiger partial charge in [0.15, 0.2) is 0 Å². The Labute approximate surface area is 82.9 Å². The van der Waals surface area contributed by atoms with Gasteiger partial charge in [-0.2, -0.15) is 4.99 Å². The lowest BCUT2D eigenvalue weighted by Crippen LogP contribution is -2.37. The number of amides is 1. The number of fused-ring (bicyclic) bond motifs is 1. The Balaban J connectivity index is 2.51. The van der Waals surface area contributed by atoms with Gasteiger partial charge in [0.2, 0.25) is 0 Å². The van der Waals surface area contributed by atoms with Gasteiger partial charge in [0.25, 0.3) is 6.04 Å². The molecule has 0 aromatic rings. The Hall–Kier alpha value is -2.31. The van der Waals surface area contributed by atoms with Crippen LogP contribution in [0.5, 0.6) is 0 Å². The fraction of sp³-hybridized carbons (Fsp3) is 0.125. The van der Waals surface area contributed by atoms with Gasteiger partial charge in [-0.05, 0) is 12.2 Å². The van der Waals surface area contributed by atoms with Crippen LogP contribution in [0.2, 0.25) is 0 Å². The Morgan fingerprint density at radius 2 is 2.20 bits per heavy atom. The zero-order valence-corrected chi connectivity index (χ0v) is 7.25. The molecule has 0 fully saturated rings. The number of hydrogen-bond acceptors (Lipinski definition) is 5. The number of nitro groups is 1. The maximum absolute atomic E-state index is 11.2. The summed E-state index contributed by atoms with van der Waals surface area (Å²) in [6, 6.07) is -1.26. The largest absolute Gasteiger partial charge is 0.442 e. The van der Waals surface area contributed by atoms with Crippen molar-refractivity contribution < 1.29 is 19.2 Å². The van der Waals surface area contributed by atoms with Gasteiger partial charge in [-0.15, -0.1) is 0 Å². The monoisotopic (exact) mass is 208 g/mol. The van der Waals surface area contributed by atoms with Crippen molar-refractivity contribution in [1.29, 1.82) is 0 Å². The molecule has 0 aromatic heterocycles. The fourth-order valence-electron chi connectivity index (χ4n) is 1.32. The molecule has 7 nitrogen and oxygen atoms in total. The third-order valence-corrected chi connectivity index (χ3v) is 1.95. The summed E-state index contributed by atoms with van der Waals surface area (Å²) in [5.41, 5.74) is -0.206. The lowest BCUT2D eigenvalue weighted by molar-refractivity contribution is -0.490. The van der Waals surface area contributed by atoms with Crippen molar-refractivity contribution in [3.05, 3.63) is 33.9 Å². The van der Waals surface area contributed by atoms with Crippen LogP contribution in [-0.2, 0) is 9.53 Å². The van der Waals surface area contributed by atoms with E-state index in [2.05, 4.69) is 9.73 Å². The molecule has 1 unspecified atom stereocenters. The van der Waals surface area contributed by atoms with Gasteiger partial charge >= 0.3 is 12.1 Å². The Morgan fingerprint density at radius 3 is 2.87 bits per heavy atom. The molecule has 15 heavy (non-hydrogen) atoms. The molecule has 0 spiro atoms. The van der Waals surface area contributed by atoms with Crippen LogP contribution in [0.15, 0.2) is 28.8 Å². The van der Waals surface area contributed by atoms with E-state index in [1.165, 1.54) is 18.2 Å². The SMILES string of the molecule is O=C1N=C2C(=CC=CC2[N+](=O)[O-])C(=O)O1. The topological polar surface area (TPSA) is 98.9 Å². The van der Waals surface area contributed by atoms with Crippen molar-refractivity contribution in [2.45, 2.75) is 6.04 Å². The maximum Gasteiger partial charge on any atom is 0.442 e. The van der Waals surface area contributed by atoms with Gasteiger partial charge in [0.1, 0.15) is 5.71 Å². The van der Waals surface area contributed by atoms with Crippen LogP contribution in [0.3, 0.4) is 0 Å². The number of carbonyl (C=O) groups excluding carboxylic acids is 2. The third kappa shape index (κ3) is 1.43. The van der Waals surface area contributed by atoms with E-state index in [0.717, 1.165) is 0 Å². The predicted molar refractivity (Wildman–Crippen MR) is 46.9 cm³/mol. The van der Waals surface area contributed by atoms with E-state index in [0.29, 0.717) is 0 Å². The molecule has 1 aliphatic carbocycles. The van der Waals surface area contributed by atoms with E-state index in [4.69, 9.17) is 0 Å². The number of carbonyl (C=O) groups is 2. The van der Waals surface area contributed by atoms with Crippen molar-refractivity contribution in [3.63, 3.8) is 0 Å². The molecule has 76 valence electrons. The van der Waals surface area contributed by atoms with Crippen molar-refractivity contribution in [3.8, 4) is 0 Å². The van der Waals surface area contributed by atoms with Gasteiger partial charge in [-0.25, -0.2) is 9.59 Å². The zero-order valence-electron chi connectivity index (χ0n) is 7.25. The molecule has 1 heterocycles. The van der Waals surface area contributed by atoms with E-state index in [-0.39, 0.29) is 11.3 Å². The smallest absolute Gasteiger partial charge is 0.371 e. The number of allylic oxidation sites excluding steroid dienone is 2. The molecule has 0 saturated carbocycles. The highest BCUT2D eigenvalue weighted by atomic mass is 16.6. The van der Waals surface area contributed by atoms with E-state index < -0.39 is 23.0 Å². The highest BCUT2D eigenvalue weighted by molar-refractivity contribution is 6.28. The molecule has 7 heteroatoms. The standard InChI is InChI=1S/C8H4N2O5/c11-7-4-2-1-3-5(10(13)14)6(4)9-8(12)15-7/h1-3,5H. The highest BCUT2D eigenvalue weighted by Gasteiger charge is 2.38. The molecule has 2 aliphatic rings. The minimum atomic E-state index is -1.26. The summed E-state index contributed by atoms with van der Waals surface area (Å²) < 4.78 is 4.19. The Kier molecular flexibility index (Phi) is 1.93. The minimum Gasteiger partial charge on any atom is -0.371 e. The minimum absolute atomic E-state index is 0.0428. The molecule has 1 atom stereocenters. The molecule has 0 radical (unpaired) electrons. The summed E-state index contributed by atoms with van der Waals surface area (Å²) in [6.07, 6.45) is 2.81. The van der Waals surface area contributed by atoms with Crippen molar-refractivity contribution >= 4 is 17.8 Å². The summed E-state index contributed by atoms with van der Waals surface area (Å²) in [4.78, 5) is 35.3. The van der Waals surface area contributed by atoms with Crippen molar-refractivity contribution in [1.82, 2.24) is 0 Å². The number of rotatable bonds is 1. The molecule has 1 aliphatic heterocycles. The number of hydrogen-bond donors (Lipinski definition) is 0. The second-order valence-corrected chi connectivity index (χ2v) is 2.85. The zero-order chi connectivity index (χ0) is 11.0. The summed E-state index contributed by atoms with van der Waals surface area (Å²) in [6.45, 7) is 0. The van der Waals surface area contributed by atoms with E-state index in [9.17, 15) is 19.7 Å². The summed E-state index contributed by atoms with van der Waals surface area (Å²) in [7, 11) is 0. The number of nitrogens with zero attached hydrogens (tertiary/aromatic N) is 2. The first-order chi connectivity index (χ1) is 7.09. The van der Waals surface area contributed by atoms with E-state index in [1.807, 2.05) is 0 Å². The van der Waals surface area contributed by atoms with Gasteiger partial charge in [-0.3, -0.25) is 10.1 Å². The highest BCUT2D eigenvalue weighted by Crippen LogP contribution is 2.18. The first-order valence-electron chi connectivity index (χ1n) is 3.96. The number of aliphatic imine (C=N–C) groups is 1. The lowest BCUT2D eigenvalue weighted by Gasteiger charge is -2.16. The van der Waals surface area contributed by atoms with Crippen LogP contribution in [0.25, 0.3) is 0 Å². The van der Waals surface area contributed by atoms with Gasteiger partial charge < -0.3 is 4.74 Å². The molecule has 0 bridgehead atoms. The number of cyclic esters (lactones) is 2. The molecule has 0 aromatic carbocycles. The molecule has 1 amide bonds. The lowest BCUT2D eigenvalue weighted by atomic mass is 9.98. The van der Waals surface area contributed by atoms with E-state index in [1.54, 1.807) is 0 Å². The van der Waals surface area contributed by atoms with Crippen molar-refractivity contribution in [2.24, 2.45) is 4.99 Å². The average molecular weight is 208 g/mol. The van der Waals surface area contributed by atoms with Crippen LogP contribution >= 0.6 is 0 Å². The third-order valence-electron chi connectivity index (χ3n) is 1.95. The summed E-state index contributed by atoms with van der Waals surface area (Å²) in [5.74, 6) is -0.902. The van der Waals surface area contributed by atoms with Crippen LogP contribution < -0.4 is 0 Å². The first kappa shape index (κ1) is 9.25. The molecular formula is C8H4N2O5. The van der Waals surface area contributed by atoms with Crippen LogP contribution in [0, 0.1) is 10.1 Å². The van der Waals surface area contributed by atoms with Crippen LogP contribution in [0.4, 0.5) is 4.79 Å². The molecular weight excluding hydrogens is 204 g/mol. The molecule has 0 saturated heterocycles.